The Kier molecular flexibility index (Phi) is 3.13. The molecule has 4 heteroatoms. The summed E-state index contributed by atoms with van der Waals surface area (Å²) in [6.07, 6.45) is 0.984. The van der Waals surface area contributed by atoms with Crippen LogP contribution in [0.25, 0.3) is 0 Å². The summed E-state index contributed by atoms with van der Waals surface area (Å²) in [7, 11) is 3.29. The first-order valence-electron chi connectivity index (χ1n) is 5.29. The summed E-state index contributed by atoms with van der Waals surface area (Å²) in [4.78, 5) is 0. The van der Waals surface area contributed by atoms with Gasteiger partial charge >= 0.3 is 0 Å². The molecule has 0 bridgehead atoms. The van der Waals surface area contributed by atoms with Crippen LogP contribution >= 0.6 is 15.9 Å². The van der Waals surface area contributed by atoms with Gasteiger partial charge in [0.2, 0.25) is 0 Å². The monoisotopic (exact) mass is 285 g/mol. The number of nitrogens with two attached hydrogens (primary N) is 1. The summed E-state index contributed by atoms with van der Waals surface area (Å²) in [6, 6.07) is 1.97. The van der Waals surface area contributed by atoms with Gasteiger partial charge < -0.3 is 15.2 Å². The molecule has 0 radical (unpaired) electrons. The van der Waals surface area contributed by atoms with Crippen LogP contribution in [0.1, 0.15) is 24.1 Å². The van der Waals surface area contributed by atoms with Gasteiger partial charge in [0.25, 0.3) is 0 Å². The van der Waals surface area contributed by atoms with E-state index in [0.717, 1.165) is 28.0 Å². The quantitative estimate of drug-likeness (QED) is 0.909. The van der Waals surface area contributed by atoms with Crippen molar-refractivity contribution < 1.29 is 9.47 Å². The molecule has 88 valence electrons. The summed E-state index contributed by atoms with van der Waals surface area (Å²) in [5.74, 6) is 1.95. The lowest BCUT2D eigenvalue weighted by atomic mass is 10.0. The Morgan fingerprint density at radius 2 is 2.06 bits per heavy atom. The zero-order valence-electron chi connectivity index (χ0n) is 9.71. The number of hydrogen-bond acceptors (Lipinski definition) is 3. The molecule has 2 atom stereocenters. The van der Waals surface area contributed by atoms with E-state index in [1.807, 2.05) is 6.07 Å². The SMILES string of the molecule is COc1cc(Br)c2c(c1OC)C(N)C(C)C2. The zero-order chi connectivity index (χ0) is 11.9. The molecular weight excluding hydrogens is 270 g/mol. The molecule has 0 heterocycles. The fourth-order valence-electron chi connectivity index (χ4n) is 2.32. The average Bonchev–Trinajstić information content (AvgIpc) is 2.57. The van der Waals surface area contributed by atoms with Crippen molar-refractivity contribution in [2.24, 2.45) is 11.7 Å². The Hall–Kier alpha value is -0.740. The highest BCUT2D eigenvalue weighted by Gasteiger charge is 2.33. The molecule has 0 aliphatic heterocycles. The van der Waals surface area contributed by atoms with E-state index in [2.05, 4.69) is 22.9 Å². The lowest BCUT2D eigenvalue weighted by molar-refractivity contribution is 0.348. The van der Waals surface area contributed by atoms with Gasteiger partial charge in [-0.1, -0.05) is 22.9 Å². The number of benzene rings is 1. The van der Waals surface area contributed by atoms with E-state index in [0.29, 0.717) is 5.92 Å². The van der Waals surface area contributed by atoms with Gasteiger partial charge in [0.05, 0.1) is 14.2 Å². The van der Waals surface area contributed by atoms with E-state index < -0.39 is 0 Å². The second kappa shape index (κ2) is 4.26. The highest BCUT2D eigenvalue weighted by molar-refractivity contribution is 9.10. The van der Waals surface area contributed by atoms with Crippen LogP contribution in [-0.2, 0) is 6.42 Å². The molecule has 0 spiro atoms. The van der Waals surface area contributed by atoms with Crippen LogP contribution < -0.4 is 15.2 Å². The van der Waals surface area contributed by atoms with Crippen LogP contribution in [0.2, 0.25) is 0 Å². The molecule has 3 nitrogen and oxygen atoms in total. The molecule has 0 aromatic heterocycles. The van der Waals surface area contributed by atoms with Crippen LogP contribution in [0.5, 0.6) is 11.5 Å². The fourth-order valence-corrected chi connectivity index (χ4v) is 2.91. The van der Waals surface area contributed by atoms with Gasteiger partial charge in [-0.25, -0.2) is 0 Å². The smallest absolute Gasteiger partial charge is 0.165 e. The van der Waals surface area contributed by atoms with Gasteiger partial charge in [-0.2, -0.15) is 0 Å². The Bertz CT molecular complexity index is 420. The van der Waals surface area contributed by atoms with Crippen molar-refractivity contribution in [1.29, 1.82) is 0 Å². The highest BCUT2D eigenvalue weighted by Crippen LogP contribution is 2.47. The van der Waals surface area contributed by atoms with E-state index in [4.69, 9.17) is 15.2 Å². The maximum absolute atomic E-state index is 6.20. The molecule has 2 N–H and O–H groups in total. The number of rotatable bonds is 2. The third-order valence-corrected chi connectivity index (χ3v) is 3.94. The Labute approximate surface area is 104 Å². The molecule has 1 aliphatic rings. The Balaban J connectivity index is 2.66. The summed E-state index contributed by atoms with van der Waals surface area (Å²) >= 11 is 3.57. The number of fused-ring (bicyclic) bond motifs is 1. The van der Waals surface area contributed by atoms with E-state index in [1.165, 1.54) is 5.56 Å². The van der Waals surface area contributed by atoms with Crippen molar-refractivity contribution in [2.45, 2.75) is 19.4 Å². The van der Waals surface area contributed by atoms with Gasteiger partial charge in [-0.15, -0.1) is 0 Å². The third kappa shape index (κ3) is 1.60. The van der Waals surface area contributed by atoms with Crippen molar-refractivity contribution in [1.82, 2.24) is 0 Å². The topological polar surface area (TPSA) is 44.5 Å². The van der Waals surface area contributed by atoms with Crippen molar-refractivity contribution in [3.63, 3.8) is 0 Å². The predicted octanol–water partition coefficient (Wildman–Crippen LogP) is 2.66. The summed E-state index contributed by atoms with van der Waals surface area (Å²) < 4.78 is 11.8. The normalized spacial score (nSPS) is 23.1. The van der Waals surface area contributed by atoms with Crippen LogP contribution in [0, 0.1) is 5.92 Å². The van der Waals surface area contributed by atoms with E-state index in [-0.39, 0.29) is 6.04 Å². The maximum atomic E-state index is 6.20. The molecule has 0 saturated carbocycles. The molecule has 1 aromatic rings. The number of hydrogen-bond donors (Lipinski definition) is 1. The minimum absolute atomic E-state index is 0.0244. The van der Waals surface area contributed by atoms with Crippen LogP contribution in [0.4, 0.5) is 0 Å². The minimum atomic E-state index is 0.0244. The first kappa shape index (κ1) is 11.7. The summed E-state index contributed by atoms with van der Waals surface area (Å²) in [6.45, 7) is 2.16. The molecule has 0 amide bonds. The second-order valence-corrected chi connectivity index (χ2v) is 5.05. The summed E-state index contributed by atoms with van der Waals surface area (Å²) in [5, 5.41) is 0. The van der Waals surface area contributed by atoms with E-state index >= 15 is 0 Å². The molecule has 1 aliphatic carbocycles. The maximum Gasteiger partial charge on any atom is 0.165 e. The first-order valence-corrected chi connectivity index (χ1v) is 6.08. The van der Waals surface area contributed by atoms with Crippen molar-refractivity contribution in [2.75, 3.05) is 14.2 Å². The Morgan fingerprint density at radius 3 is 2.62 bits per heavy atom. The standard InChI is InChI=1S/C12H16BrNO2/c1-6-4-7-8(13)5-9(15-2)12(16-3)10(7)11(6)14/h5-6,11H,4,14H2,1-3H3. The first-order chi connectivity index (χ1) is 7.60. The Morgan fingerprint density at radius 1 is 1.38 bits per heavy atom. The average molecular weight is 286 g/mol. The molecule has 2 unspecified atom stereocenters. The van der Waals surface area contributed by atoms with Crippen molar-refractivity contribution in [3.8, 4) is 11.5 Å². The number of ether oxygens (including phenoxy) is 2. The lowest BCUT2D eigenvalue weighted by Gasteiger charge is -2.17. The van der Waals surface area contributed by atoms with Crippen molar-refractivity contribution in [3.05, 3.63) is 21.7 Å². The number of halogens is 1. The molecule has 2 rings (SSSR count). The fraction of sp³-hybridized carbons (Fsp3) is 0.500. The number of methoxy groups -OCH3 is 2. The van der Waals surface area contributed by atoms with Gasteiger partial charge in [-0.05, 0) is 24.0 Å². The van der Waals surface area contributed by atoms with Crippen molar-refractivity contribution >= 4 is 15.9 Å². The van der Waals surface area contributed by atoms with Crippen LogP contribution in [-0.4, -0.2) is 14.2 Å². The second-order valence-electron chi connectivity index (χ2n) is 4.19. The van der Waals surface area contributed by atoms with Gasteiger partial charge in [0.15, 0.2) is 11.5 Å². The van der Waals surface area contributed by atoms with Crippen LogP contribution in [0.3, 0.4) is 0 Å². The molecule has 0 fully saturated rings. The molecule has 1 aromatic carbocycles. The third-order valence-electron chi connectivity index (χ3n) is 3.24. The van der Waals surface area contributed by atoms with E-state index in [9.17, 15) is 0 Å². The van der Waals surface area contributed by atoms with E-state index in [1.54, 1.807) is 14.2 Å². The largest absolute Gasteiger partial charge is 0.493 e. The lowest BCUT2D eigenvalue weighted by Crippen LogP contribution is -2.14. The van der Waals surface area contributed by atoms with Gasteiger partial charge in [-0.3, -0.25) is 0 Å². The summed E-state index contributed by atoms with van der Waals surface area (Å²) in [5.41, 5.74) is 8.53. The molecule has 0 saturated heterocycles. The zero-order valence-corrected chi connectivity index (χ0v) is 11.3. The molecule has 16 heavy (non-hydrogen) atoms. The predicted molar refractivity (Wildman–Crippen MR) is 67.0 cm³/mol. The van der Waals surface area contributed by atoms with Crippen LogP contribution in [0.15, 0.2) is 10.5 Å². The molecular formula is C12H16BrNO2. The van der Waals surface area contributed by atoms with Gasteiger partial charge in [0, 0.05) is 16.1 Å². The van der Waals surface area contributed by atoms with Gasteiger partial charge in [0.1, 0.15) is 0 Å². The highest BCUT2D eigenvalue weighted by atomic mass is 79.9. The minimum Gasteiger partial charge on any atom is -0.493 e.